The van der Waals surface area contributed by atoms with Gasteiger partial charge >= 0.3 is 0 Å². The van der Waals surface area contributed by atoms with E-state index >= 15 is 0 Å². The largest absolute Gasteiger partial charge is 0.356 e. The average Bonchev–Trinajstić information content (AvgIpc) is 3.23. The third kappa shape index (κ3) is 4.47. The number of amides is 1. The zero-order valence-corrected chi connectivity index (χ0v) is 16.8. The Bertz CT molecular complexity index is 953. The Balaban J connectivity index is 1.51. The minimum absolute atomic E-state index is 0.0524. The van der Waals surface area contributed by atoms with Crippen LogP contribution in [0.2, 0.25) is 0 Å². The van der Waals surface area contributed by atoms with Crippen LogP contribution in [0.3, 0.4) is 0 Å². The van der Waals surface area contributed by atoms with Gasteiger partial charge in [-0.25, -0.2) is 4.98 Å². The molecule has 29 heavy (non-hydrogen) atoms. The fraction of sp³-hybridized carbons (Fsp3) is 0.348. The van der Waals surface area contributed by atoms with Crippen LogP contribution in [0.4, 0.5) is 5.82 Å². The maximum atomic E-state index is 12.2. The Morgan fingerprint density at radius 2 is 2.14 bits per heavy atom. The molecule has 1 aliphatic rings. The highest BCUT2D eigenvalue weighted by Gasteiger charge is 2.26. The van der Waals surface area contributed by atoms with Crippen LogP contribution in [0, 0.1) is 0 Å². The Morgan fingerprint density at radius 3 is 2.97 bits per heavy atom. The second-order valence-corrected chi connectivity index (χ2v) is 7.52. The van der Waals surface area contributed by atoms with Crippen LogP contribution in [-0.4, -0.2) is 40.7 Å². The van der Waals surface area contributed by atoms with Crippen molar-refractivity contribution >= 4 is 11.7 Å². The summed E-state index contributed by atoms with van der Waals surface area (Å²) in [4.78, 5) is 19.0. The van der Waals surface area contributed by atoms with E-state index in [-0.39, 0.29) is 5.91 Å². The first-order valence-corrected chi connectivity index (χ1v) is 10.3. The van der Waals surface area contributed by atoms with Crippen LogP contribution in [-0.2, 0) is 6.42 Å². The minimum Gasteiger partial charge on any atom is -0.356 e. The molecule has 0 unspecified atom stereocenters. The predicted octanol–water partition coefficient (Wildman–Crippen LogP) is 3.53. The lowest BCUT2D eigenvalue weighted by Crippen LogP contribution is -2.35. The number of benzene rings is 1. The van der Waals surface area contributed by atoms with Gasteiger partial charge in [0.2, 0.25) is 0 Å². The molecular formula is C23H27N5O. The number of carbonyl (C=O) groups is 1. The van der Waals surface area contributed by atoms with E-state index in [2.05, 4.69) is 49.7 Å². The van der Waals surface area contributed by atoms with Gasteiger partial charge in [0.15, 0.2) is 0 Å². The van der Waals surface area contributed by atoms with Crippen LogP contribution in [0.25, 0.3) is 0 Å². The number of nitrogens with zero attached hydrogens (tertiary/aromatic N) is 3. The van der Waals surface area contributed by atoms with E-state index in [1.807, 2.05) is 25.3 Å². The highest BCUT2D eigenvalue weighted by atomic mass is 16.1. The fourth-order valence-electron chi connectivity index (χ4n) is 4.05. The fourth-order valence-corrected chi connectivity index (χ4v) is 4.05. The molecule has 6 heteroatoms. The number of H-pyrrole nitrogens is 1. The highest BCUT2D eigenvalue weighted by Crippen LogP contribution is 2.31. The molecule has 6 nitrogen and oxygen atoms in total. The second kappa shape index (κ2) is 8.90. The average molecular weight is 390 g/mol. The van der Waals surface area contributed by atoms with Crippen molar-refractivity contribution in [2.24, 2.45) is 0 Å². The second-order valence-electron chi connectivity index (χ2n) is 7.52. The van der Waals surface area contributed by atoms with E-state index in [1.165, 1.54) is 16.8 Å². The Hall–Kier alpha value is -3.15. The zero-order chi connectivity index (χ0) is 20.1. The molecular weight excluding hydrogens is 362 g/mol. The van der Waals surface area contributed by atoms with Crippen molar-refractivity contribution in [3.05, 3.63) is 77.2 Å². The number of hydrogen-bond acceptors (Lipinski definition) is 4. The van der Waals surface area contributed by atoms with Crippen molar-refractivity contribution in [3.63, 3.8) is 0 Å². The molecule has 1 aromatic carbocycles. The Kier molecular flexibility index (Phi) is 5.89. The summed E-state index contributed by atoms with van der Waals surface area (Å²) in [6.45, 7) is 4.36. The summed E-state index contributed by atoms with van der Waals surface area (Å²) < 4.78 is 0. The number of nitrogens with one attached hydrogen (secondary N) is 2. The number of carbonyl (C=O) groups excluding carboxylic acids is 1. The van der Waals surface area contributed by atoms with Crippen LogP contribution in [0.5, 0.6) is 0 Å². The molecule has 2 N–H and O–H groups in total. The van der Waals surface area contributed by atoms with Gasteiger partial charge in [0, 0.05) is 49.4 Å². The molecule has 2 aromatic heterocycles. The van der Waals surface area contributed by atoms with Crippen molar-refractivity contribution in [2.75, 3.05) is 24.5 Å². The molecule has 0 saturated carbocycles. The zero-order valence-electron chi connectivity index (χ0n) is 16.8. The van der Waals surface area contributed by atoms with Crippen LogP contribution in [0.15, 0.2) is 54.9 Å². The first-order chi connectivity index (χ1) is 14.2. The Labute approximate surface area is 171 Å². The molecule has 1 saturated heterocycles. The van der Waals surface area contributed by atoms with E-state index in [9.17, 15) is 4.79 Å². The molecule has 0 spiro atoms. The summed E-state index contributed by atoms with van der Waals surface area (Å²) >= 11 is 0. The van der Waals surface area contributed by atoms with E-state index in [0.29, 0.717) is 18.0 Å². The first kappa shape index (κ1) is 19.2. The van der Waals surface area contributed by atoms with Gasteiger partial charge in [0.1, 0.15) is 5.82 Å². The number of aromatic amines is 1. The predicted molar refractivity (Wildman–Crippen MR) is 114 cm³/mol. The lowest BCUT2D eigenvalue weighted by Gasteiger charge is -2.33. The van der Waals surface area contributed by atoms with Crippen LogP contribution >= 0.6 is 0 Å². The van der Waals surface area contributed by atoms with E-state index in [1.54, 1.807) is 12.3 Å². The maximum Gasteiger partial charge on any atom is 0.251 e. The molecule has 0 radical (unpaired) electrons. The Morgan fingerprint density at radius 1 is 1.28 bits per heavy atom. The third-order valence-corrected chi connectivity index (χ3v) is 5.49. The molecule has 3 heterocycles. The van der Waals surface area contributed by atoms with E-state index in [0.717, 1.165) is 38.2 Å². The normalized spacial score (nSPS) is 16.6. The number of hydrogen-bond donors (Lipinski definition) is 2. The number of rotatable bonds is 6. The lowest BCUT2D eigenvalue weighted by atomic mass is 9.91. The molecule has 1 aliphatic heterocycles. The molecule has 1 fully saturated rings. The summed E-state index contributed by atoms with van der Waals surface area (Å²) in [5.41, 5.74) is 4.43. The minimum atomic E-state index is -0.0524. The molecule has 3 aromatic rings. The summed E-state index contributed by atoms with van der Waals surface area (Å²) in [6.07, 6.45) is 6.77. The summed E-state index contributed by atoms with van der Waals surface area (Å²) in [7, 11) is 0. The van der Waals surface area contributed by atoms with Crippen LogP contribution in [0.1, 0.15) is 52.9 Å². The summed E-state index contributed by atoms with van der Waals surface area (Å²) in [5, 5.41) is 10.4. The van der Waals surface area contributed by atoms with Crippen molar-refractivity contribution in [1.82, 2.24) is 20.5 Å². The number of piperidine rings is 1. The van der Waals surface area contributed by atoms with Gasteiger partial charge in [0.25, 0.3) is 5.91 Å². The molecule has 4 rings (SSSR count). The quantitative estimate of drug-likeness (QED) is 0.676. The van der Waals surface area contributed by atoms with Crippen molar-refractivity contribution < 1.29 is 4.79 Å². The summed E-state index contributed by atoms with van der Waals surface area (Å²) in [5.74, 6) is 1.19. The van der Waals surface area contributed by atoms with Gasteiger partial charge in [-0.3, -0.25) is 9.89 Å². The lowest BCUT2D eigenvalue weighted by molar-refractivity contribution is 0.0955. The SMILES string of the molecule is CCNC(=O)c1ccnc(N2CCC[C@@H](c3[nH]ncc3Cc3ccccc3)C2)c1. The molecule has 1 atom stereocenters. The highest BCUT2D eigenvalue weighted by molar-refractivity contribution is 5.94. The topological polar surface area (TPSA) is 73.9 Å². The number of anilines is 1. The summed E-state index contributed by atoms with van der Waals surface area (Å²) in [6, 6.07) is 14.2. The van der Waals surface area contributed by atoms with Gasteiger partial charge in [-0.1, -0.05) is 30.3 Å². The third-order valence-electron chi connectivity index (χ3n) is 5.49. The first-order valence-electron chi connectivity index (χ1n) is 10.3. The van der Waals surface area contributed by atoms with Gasteiger partial charge in [-0.15, -0.1) is 0 Å². The molecule has 0 aliphatic carbocycles. The number of pyridine rings is 1. The molecule has 0 bridgehead atoms. The van der Waals surface area contributed by atoms with Crippen molar-refractivity contribution in [2.45, 2.75) is 32.1 Å². The maximum absolute atomic E-state index is 12.2. The van der Waals surface area contributed by atoms with E-state index in [4.69, 9.17) is 0 Å². The van der Waals surface area contributed by atoms with Crippen molar-refractivity contribution in [3.8, 4) is 0 Å². The van der Waals surface area contributed by atoms with Gasteiger partial charge < -0.3 is 10.2 Å². The molecule has 1 amide bonds. The van der Waals surface area contributed by atoms with Gasteiger partial charge in [-0.05, 0) is 43.0 Å². The standard InChI is InChI=1S/C23H27N5O/c1-2-24-23(29)18-10-11-25-21(14-18)28-12-6-9-19(16-28)22-20(15-26-27-22)13-17-7-4-3-5-8-17/h3-5,7-8,10-11,14-15,19H,2,6,9,12-13,16H2,1H3,(H,24,29)(H,26,27)/t19-/m1/s1. The smallest absolute Gasteiger partial charge is 0.251 e. The van der Waals surface area contributed by atoms with Gasteiger partial charge in [0.05, 0.1) is 6.20 Å². The monoisotopic (exact) mass is 389 g/mol. The van der Waals surface area contributed by atoms with Crippen LogP contribution < -0.4 is 10.2 Å². The van der Waals surface area contributed by atoms with Gasteiger partial charge in [-0.2, -0.15) is 5.10 Å². The number of aromatic nitrogens is 3. The van der Waals surface area contributed by atoms with Crippen molar-refractivity contribution in [1.29, 1.82) is 0 Å². The van der Waals surface area contributed by atoms with E-state index < -0.39 is 0 Å². The molecule has 150 valence electrons.